The Hall–Kier alpha value is -2.28. The highest BCUT2D eigenvalue weighted by Crippen LogP contribution is 2.29. The van der Waals surface area contributed by atoms with Crippen molar-refractivity contribution in [2.24, 2.45) is 0 Å². The summed E-state index contributed by atoms with van der Waals surface area (Å²) in [6.07, 6.45) is -1.26. The second kappa shape index (κ2) is 7.32. The number of amides is 2. The topological polar surface area (TPSA) is 41.1 Å². The van der Waals surface area contributed by atoms with Crippen molar-refractivity contribution in [3.05, 3.63) is 70.3 Å². The molecule has 0 spiro atoms. The van der Waals surface area contributed by atoms with Gasteiger partial charge in [-0.2, -0.15) is 13.2 Å². The Morgan fingerprint density at radius 1 is 1.09 bits per heavy atom. The quantitative estimate of drug-likeness (QED) is 0.744. The molecule has 23 heavy (non-hydrogen) atoms. The van der Waals surface area contributed by atoms with Gasteiger partial charge in [0.1, 0.15) is 0 Å². The third-order valence-corrected chi connectivity index (χ3v) is 3.30. The number of carbonyl (C=O) groups excluding carboxylic acids is 1. The summed E-state index contributed by atoms with van der Waals surface area (Å²) in [5, 5.41) is 4.92. The maximum atomic E-state index is 12.4. The number of nitrogens with one attached hydrogen (secondary N) is 2. The molecule has 0 unspecified atom stereocenters. The fourth-order valence-corrected chi connectivity index (χ4v) is 2.15. The maximum Gasteiger partial charge on any atom is 0.416 e. The molecule has 3 nitrogen and oxygen atoms in total. The standard InChI is InChI=1S/C16H12BrF3N2O/c17-13-3-1-2-11(10-13)8-9-21-15(23)22-14-6-4-12(5-7-14)16(18,19)20/h1-10H,(H2,21,22,23)/b9-8+. The Bertz CT molecular complexity index is 712. The Morgan fingerprint density at radius 2 is 1.78 bits per heavy atom. The molecule has 2 amide bonds. The van der Waals surface area contributed by atoms with E-state index in [1.54, 1.807) is 6.08 Å². The second-order valence-electron chi connectivity index (χ2n) is 4.56. The number of hydrogen-bond donors (Lipinski definition) is 2. The SMILES string of the molecule is O=C(N/C=C/c1cccc(Br)c1)Nc1ccc(C(F)(F)F)cc1. The number of benzene rings is 2. The molecule has 0 aromatic heterocycles. The van der Waals surface area contributed by atoms with E-state index < -0.39 is 17.8 Å². The molecule has 2 aromatic rings. The normalized spacial score (nSPS) is 11.5. The predicted octanol–water partition coefficient (Wildman–Crippen LogP) is 5.26. The minimum absolute atomic E-state index is 0.270. The van der Waals surface area contributed by atoms with Gasteiger partial charge in [-0.25, -0.2) is 4.79 Å². The van der Waals surface area contributed by atoms with Crippen molar-refractivity contribution in [3.8, 4) is 0 Å². The Labute approximate surface area is 139 Å². The number of anilines is 1. The highest BCUT2D eigenvalue weighted by Gasteiger charge is 2.29. The van der Waals surface area contributed by atoms with Crippen LogP contribution in [0.2, 0.25) is 0 Å². The Morgan fingerprint density at radius 3 is 2.39 bits per heavy atom. The largest absolute Gasteiger partial charge is 0.416 e. The summed E-state index contributed by atoms with van der Waals surface area (Å²) >= 11 is 3.33. The van der Waals surface area contributed by atoms with E-state index in [0.29, 0.717) is 0 Å². The fraction of sp³-hybridized carbons (Fsp3) is 0.0625. The zero-order valence-corrected chi connectivity index (χ0v) is 13.3. The molecule has 0 saturated carbocycles. The minimum Gasteiger partial charge on any atom is -0.314 e. The summed E-state index contributed by atoms with van der Waals surface area (Å²) in [4.78, 5) is 11.6. The molecule has 0 heterocycles. The lowest BCUT2D eigenvalue weighted by Gasteiger charge is -2.08. The van der Waals surface area contributed by atoms with Gasteiger partial charge in [0.25, 0.3) is 0 Å². The van der Waals surface area contributed by atoms with E-state index in [-0.39, 0.29) is 5.69 Å². The number of hydrogen-bond acceptors (Lipinski definition) is 1. The van der Waals surface area contributed by atoms with E-state index in [1.807, 2.05) is 24.3 Å². The van der Waals surface area contributed by atoms with Crippen LogP contribution in [0.25, 0.3) is 6.08 Å². The third-order valence-electron chi connectivity index (χ3n) is 2.81. The Kier molecular flexibility index (Phi) is 5.44. The van der Waals surface area contributed by atoms with Gasteiger partial charge < -0.3 is 10.6 Å². The first-order valence-electron chi connectivity index (χ1n) is 6.51. The second-order valence-corrected chi connectivity index (χ2v) is 5.48. The lowest BCUT2D eigenvalue weighted by molar-refractivity contribution is -0.137. The molecular weight excluding hydrogens is 373 g/mol. The van der Waals surface area contributed by atoms with E-state index in [1.165, 1.54) is 18.3 Å². The summed E-state index contributed by atoms with van der Waals surface area (Å²) in [5.74, 6) is 0. The first-order valence-corrected chi connectivity index (χ1v) is 7.31. The highest BCUT2D eigenvalue weighted by atomic mass is 79.9. The lowest BCUT2D eigenvalue weighted by Crippen LogP contribution is -2.23. The van der Waals surface area contributed by atoms with Crippen LogP contribution < -0.4 is 10.6 Å². The molecular formula is C16H12BrF3N2O. The van der Waals surface area contributed by atoms with Crippen molar-refractivity contribution in [1.29, 1.82) is 0 Å². The van der Waals surface area contributed by atoms with E-state index in [9.17, 15) is 18.0 Å². The van der Waals surface area contributed by atoms with Crippen LogP contribution in [0.1, 0.15) is 11.1 Å². The van der Waals surface area contributed by atoms with Gasteiger partial charge in [-0.15, -0.1) is 0 Å². The van der Waals surface area contributed by atoms with Gasteiger partial charge in [0, 0.05) is 16.4 Å². The summed E-state index contributed by atoms with van der Waals surface area (Å²) in [6.45, 7) is 0. The average Bonchev–Trinajstić information content (AvgIpc) is 2.47. The Balaban J connectivity index is 1.90. The number of urea groups is 1. The summed E-state index contributed by atoms with van der Waals surface area (Å²) in [6, 6.07) is 11.1. The van der Waals surface area contributed by atoms with Crippen molar-refractivity contribution in [3.63, 3.8) is 0 Å². The van der Waals surface area contributed by atoms with Crippen LogP contribution in [0.4, 0.5) is 23.7 Å². The maximum absolute atomic E-state index is 12.4. The van der Waals surface area contributed by atoms with E-state index in [4.69, 9.17) is 0 Å². The molecule has 7 heteroatoms. The monoisotopic (exact) mass is 384 g/mol. The van der Waals surface area contributed by atoms with E-state index in [2.05, 4.69) is 26.6 Å². The molecule has 120 valence electrons. The van der Waals surface area contributed by atoms with Crippen molar-refractivity contribution >= 4 is 33.7 Å². The number of rotatable bonds is 3. The first kappa shape index (κ1) is 17.1. The minimum atomic E-state index is -4.40. The van der Waals surface area contributed by atoms with Crippen LogP contribution in [0.5, 0.6) is 0 Å². The third kappa shape index (κ3) is 5.45. The van der Waals surface area contributed by atoms with Crippen LogP contribution in [-0.4, -0.2) is 6.03 Å². The molecule has 0 aliphatic heterocycles. The van der Waals surface area contributed by atoms with E-state index in [0.717, 1.165) is 22.2 Å². The summed E-state index contributed by atoms with van der Waals surface area (Å²) in [7, 11) is 0. The molecule has 0 bridgehead atoms. The van der Waals surface area contributed by atoms with Crippen LogP contribution in [0.3, 0.4) is 0 Å². The van der Waals surface area contributed by atoms with Crippen LogP contribution in [0, 0.1) is 0 Å². The molecule has 0 aliphatic carbocycles. The summed E-state index contributed by atoms with van der Waals surface area (Å²) in [5.41, 5.74) is 0.388. The molecule has 2 N–H and O–H groups in total. The van der Waals surface area contributed by atoms with Crippen molar-refractivity contribution in [1.82, 2.24) is 5.32 Å². The molecule has 0 atom stereocenters. The number of halogens is 4. The smallest absolute Gasteiger partial charge is 0.314 e. The average molecular weight is 385 g/mol. The highest BCUT2D eigenvalue weighted by molar-refractivity contribution is 9.10. The molecule has 2 aromatic carbocycles. The number of alkyl halides is 3. The zero-order chi connectivity index (χ0) is 16.9. The van der Waals surface area contributed by atoms with Gasteiger partial charge >= 0.3 is 12.2 Å². The zero-order valence-electron chi connectivity index (χ0n) is 11.7. The molecule has 2 rings (SSSR count). The van der Waals surface area contributed by atoms with Crippen molar-refractivity contribution < 1.29 is 18.0 Å². The van der Waals surface area contributed by atoms with Gasteiger partial charge in [0.15, 0.2) is 0 Å². The first-order chi connectivity index (χ1) is 10.8. The van der Waals surface area contributed by atoms with Gasteiger partial charge in [-0.1, -0.05) is 28.1 Å². The fourth-order valence-electron chi connectivity index (χ4n) is 1.73. The summed E-state index contributed by atoms with van der Waals surface area (Å²) < 4.78 is 38.2. The lowest BCUT2D eigenvalue weighted by atomic mass is 10.2. The van der Waals surface area contributed by atoms with Crippen molar-refractivity contribution in [2.75, 3.05) is 5.32 Å². The number of carbonyl (C=O) groups is 1. The van der Waals surface area contributed by atoms with Gasteiger partial charge in [0.2, 0.25) is 0 Å². The molecule has 0 saturated heterocycles. The molecule has 0 fully saturated rings. The molecule has 0 radical (unpaired) electrons. The van der Waals surface area contributed by atoms with Crippen LogP contribution in [0.15, 0.2) is 59.2 Å². The molecule has 0 aliphatic rings. The van der Waals surface area contributed by atoms with Crippen LogP contribution >= 0.6 is 15.9 Å². The van der Waals surface area contributed by atoms with Gasteiger partial charge in [-0.3, -0.25) is 0 Å². The van der Waals surface area contributed by atoms with Crippen molar-refractivity contribution in [2.45, 2.75) is 6.18 Å². The predicted molar refractivity (Wildman–Crippen MR) is 86.8 cm³/mol. The van der Waals surface area contributed by atoms with E-state index >= 15 is 0 Å². The van der Waals surface area contributed by atoms with Gasteiger partial charge in [-0.05, 0) is 48.0 Å². The van der Waals surface area contributed by atoms with Gasteiger partial charge in [0.05, 0.1) is 5.56 Å². The van der Waals surface area contributed by atoms with Crippen LogP contribution in [-0.2, 0) is 6.18 Å².